The van der Waals surface area contributed by atoms with Crippen molar-refractivity contribution in [2.45, 2.75) is 19.6 Å². The molecule has 0 fully saturated rings. The topological polar surface area (TPSA) is 110 Å². The average molecular weight is 480 g/mol. The number of benzene rings is 1. The van der Waals surface area contributed by atoms with Gasteiger partial charge in [0, 0.05) is 49.3 Å². The molecule has 9 nitrogen and oxygen atoms in total. The lowest BCUT2D eigenvalue weighted by atomic mass is 9.98. The van der Waals surface area contributed by atoms with E-state index in [0.29, 0.717) is 23.9 Å². The van der Waals surface area contributed by atoms with Gasteiger partial charge in [-0.05, 0) is 42.3 Å². The summed E-state index contributed by atoms with van der Waals surface area (Å²) < 4.78 is 40.9. The molecular formula is C23H19F3N8O. The number of anilines is 2. The Morgan fingerprint density at radius 3 is 2.74 bits per heavy atom. The predicted molar refractivity (Wildman–Crippen MR) is 122 cm³/mol. The lowest BCUT2D eigenvalue weighted by Gasteiger charge is -2.18. The molecule has 2 aromatic rings. The Hall–Kier alpha value is -4.35. The molecule has 178 valence electrons. The maximum Gasteiger partial charge on any atom is 0.433 e. The summed E-state index contributed by atoms with van der Waals surface area (Å²) in [7, 11) is 1.63. The van der Waals surface area contributed by atoms with Gasteiger partial charge in [0.05, 0.1) is 0 Å². The highest BCUT2D eigenvalue weighted by atomic mass is 19.4. The van der Waals surface area contributed by atoms with Crippen LogP contribution in [-0.4, -0.2) is 44.0 Å². The van der Waals surface area contributed by atoms with Gasteiger partial charge in [-0.2, -0.15) is 18.2 Å². The Kier molecular flexibility index (Phi) is 5.42. The van der Waals surface area contributed by atoms with Crippen LogP contribution in [0, 0.1) is 6.92 Å². The van der Waals surface area contributed by atoms with Crippen molar-refractivity contribution in [3.8, 4) is 22.5 Å². The Labute approximate surface area is 197 Å². The number of carbonyl (C=O) groups excluding carboxylic acids is 1. The SMILES string of the molecule is CN=c1ncc2cc(-c3cc(NC(=O)c4nccc(C(F)(F)F)n4)ccc3C)c3n(c-2n1)CCN3. The van der Waals surface area contributed by atoms with E-state index in [1.807, 2.05) is 19.1 Å². The van der Waals surface area contributed by atoms with Crippen molar-refractivity contribution in [2.24, 2.45) is 4.99 Å². The molecule has 35 heavy (non-hydrogen) atoms. The van der Waals surface area contributed by atoms with Gasteiger partial charge in [0.1, 0.15) is 17.3 Å². The van der Waals surface area contributed by atoms with Crippen LogP contribution in [-0.2, 0) is 12.7 Å². The maximum atomic E-state index is 13.0. The Morgan fingerprint density at radius 1 is 1.14 bits per heavy atom. The summed E-state index contributed by atoms with van der Waals surface area (Å²) in [5.74, 6) is 0.214. The number of aryl methyl sites for hydroxylation is 1. The second-order valence-corrected chi connectivity index (χ2v) is 7.90. The molecule has 3 aliphatic heterocycles. The van der Waals surface area contributed by atoms with Gasteiger partial charge >= 0.3 is 6.18 Å². The van der Waals surface area contributed by atoms with Gasteiger partial charge in [-0.25, -0.2) is 15.0 Å². The fraction of sp³-hybridized carbons (Fsp3) is 0.217. The molecule has 0 aliphatic carbocycles. The van der Waals surface area contributed by atoms with Crippen molar-refractivity contribution in [1.82, 2.24) is 24.5 Å². The van der Waals surface area contributed by atoms with E-state index < -0.39 is 23.6 Å². The average Bonchev–Trinajstić information content (AvgIpc) is 3.34. The summed E-state index contributed by atoms with van der Waals surface area (Å²) in [6, 6.07) is 7.93. The van der Waals surface area contributed by atoms with Crippen molar-refractivity contribution in [3.63, 3.8) is 0 Å². The largest absolute Gasteiger partial charge is 0.433 e. The molecule has 1 aromatic heterocycles. The van der Waals surface area contributed by atoms with E-state index in [1.54, 1.807) is 25.4 Å². The van der Waals surface area contributed by atoms with E-state index >= 15 is 0 Å². The third-order valence-electron chi connectivity index (χ3n) is 5.63. The lowest BCUT2D eigenvalue weighted by molar-refractivity contribution is -0.141. The highest BCUT2D eigenvalue weighted by molar-refractivity contribution is 6.02. The van der Waals surface area contributed by atoms with Crippen LogP contribution in [0.2, 0.25) is 0 Å². The Morgan fingerprint density at radius 2 is 1.97 bits per heavy atom. The number of nitrogens with zero attached hydrogens (tertiary/aromatic N) is 6. The number of nitrogens with one attached hydrogen (secondary N) is 2. The minimum Gasteiger partial charge on any atom is -0.369 e. The van der Waals surface area contributed by atoms with Gasteiger partial charge in [-0.15, -0.1) is 0 Å². The molecule has 3 aliphatic rings. The molecule has 0 radical (unpaired) electrons. The Bertz CT molecular complexity index is 1500. The van der Waals surface area contributed by atoms with E-state index in [2.05, 4.69) is 40.1 Å². The van der Waals surface area contributed by atoms with Crippen LogP contribution in [0.15, 0.2) is 47.7 Å². The molecule has 0 unspecified atom stereocenters. The second kappa shape index (κ2) is 8.46. The number of carbonyl (C=O) groups is 1. The molecule has 2 N–H and O–H groups in total. The van der Waals surface area contributed by atoms with Crippen molar-refractivity contribution in [3.05, 3.63) is 65.4 Å². The zero-order chi connectivity index (χ0) is 24.7. The van der Waals surface area contributed by atoms with Gasteiger partial charge in [0.2, 0.25) is 11.4 Å². The molecule has 0 spiro atoms. The molecular weight excluding hydrogens is 461 g/mol. The third kappa shape index (κ3) is 4.18. The number of aromatic nitrogens is 5. The Balaban J connectivity index is 1.54. The van der Waals surface area contributed by atoms with Gasteiger partial charge in [-0.3, -0.25) is 9.79 Å². The maximum absolute atomic E-state index is 13.0. The predicted octanol–water partition coefficient (Wildman–Crippen LogP) is 3.38. The van der Waals surface area contributed by atoms with E-state index in [1.165, 1.54) is 0 Å². The highest BCUT2D eigenvalue weighted by Crippen LogP contribution is 2.38. The standard InChI is InChI=1S/C23H19F3N8O/c1-12-3-4-14(31-21(35)18-28-6-5-17(32-18)23(24,25)26)10-15(12)16-9-13-11-30-22(27-2)33-19(13)34-8-7-29-20(16)34/h3-6,9-11,29H,7-8H2,1-2H3,(H,31,35). The minimum atomic E-state index is -4.67. The van der Waals surface area contributed by atoms with Gasteiger partial charge < -0.3 is 15.2 Å². The monoisotopic (exact) mass is 480 g/mol. The normalized spacial score (nSPS) is 13.6. The van der Waals surface area contributed by atoms with E-state index in [9.17, 15) is 18.0 Å². The first-order valence-corrected chi connectivity index (χ1v) is 10.6. The molecule has 0 saturated carbocycles. The number of pyridine rings is 1. The molecule has 1 aromatic carbocycles. The third-order valence-corrected chi connectivity index (χ3v) is 5.63. The van der Waals surface area contributed by atoms with Crippen LogP contribution >= 0.6 is 0 Å². The molecule has 1 amide bonds. The van der Waals surface area contributed by atoms with Crippen LogP contribution < -0.4 is 16.3 Å². The summed E-state index contributed by atoms with van der Waals surface area (Å²) in [6.45, 7) is 3.36. The van der Waals surface area contributed by atoms with E-state index in [-0.39, 0.29) is 0 Å². The molecule has 12 heteroatoms. The van der Waals surface area contributed by atoms with Gasteiger partial charge in [-0.1, -0.05) is 6.07 Å². The fourth-order valence-electron chi connectivity index (χ4n) is 3.98. The smallest absolute Gasteiger partial charge is 0.369 e. The summed E-state index contributed by atoms with van der Waals surface area (Å²) in [4.78, 5) is 32.5. The van der Waals surface area contributed by atoms with E-state index in [0.717, 1.165) is 46.6 Å². The molecule has 0 bridgehead atoms. The number of rotatable bonds is 3. The number of fused-ring (bicyclic) bond motifs is 3. The lowest BCUT2D eigenvalue weighted by Crippen LogP contribution is -2.19. The van der Waals surface area contributed by atoms with Gasteiger partial charge in [0.15, 0.2) is 0 Å². The van der Waals surface area contributed by atoms with Crippen molar-refractivity contribution in [1.29, 1.82) is 0 Å². The fourth-order valence-corrected chi connectivity index (χ4v) is 3.98. The zero-order valence-corrected chi connectivity index (χ0v) is 18.7. The second-order valence-electron chi connectivity index (χ2n) is 7.90. The number of hydrogen-bond acceptors (Lipinski definition) is 7. The summed E-state index contributed by atoms with van der Waals surface area (Å²) in [5.41, 5.74) is 3.08. The summed E-state index contributed by atoms with van der Waals surface area (Å²) >= 11 is 0. The zero-order valence-electron chi connectivity index (χ0n) is 18.7. The quantitative estimate of drug-likeness (QED) is 0.465. The first-order valence-electron chi connectivity index (χ1n) is 10.6. The van der Waals surface area contributed by atoms with Crippen LogP contribution in [0.25, 0.3) is 22.5 Å². The molecule has 5 rings (SSSR count). The molecule has 0 atom stereocenters. The van der Waals surface area contributed by atoms with Crippen molar-refractivity contribution in [2.75, 3.05) is 24.2 Å². The molecule has 4 heterocycles. The first-order chi connectivity index (χ1) is 16.7. The van der Waals surface area contributed by atoms with Crippen molar-refractivity contribution < 1.29 is 18.0 Å². The van der Waals surface area contributed by atoms with E-state index in [4.69, 9.17) is 0 Å². The number of hydrogen-bond donors (Lipinski definition) is 2. The summed E-state index contributed by atoms with van der Waals surface area (Å²) in [5, 5.41) is 5.99. The number of alkyl halides is 3. The van der Waals surface area contributed by atoms with Crippen LogP contribution in [0.5, 0.6) is 0 Å². The van der Waals surface area contributed by atoms with Crippen molar-refractivity contribution >= 4 is 17.4 Å². The first kappa shape index (κ1) is 22.4. The highest BCUT2D eigenvalue weighted by Gasteiger charge is 2.33. The molecule has 0 saturated heterocycles. The van der Waals surface area contributed by atoms with Crippen LogP contribution in [0.4, 0.5) is 24.7 Å². The number of halogens is 3. The van der Waals surface area contributed by atoms with Gasteiger partial charge in [0.25, 0.3) is 5.91 Å². The number of amides is 1. The van der Waals surface area contributed by atoms with Crippen LogP contribution in [0.3, 0.4) is 0 Å². The van der Waals surface area contributed by atoms with Crippen LogP contribution in [0.1, 0.15) is 21.9 Å². The summed E-state index contributed by atoms with van der Waals surface area (Å²) in [6.07, 6.45) is -2.05. The minimum absolute atomic E-state index is 0.393.